The molecular formula is C10H18FN3O. The van der Waals surface area contributed by atoms with Crippen LogP contribution in [0.3, 0.4) is 0 Å². The van der Waals surface area contributed by atoms with Crippen molar-refractivity contribution in [1.82, 2.24) is 9.78 Å². The van der Waals surface area contributed by atoms with Crippen LogP contribution in [0.1, 0.15) is 26.0 Å². The number of methoxy groups -OCH3 is 1. The fourth-order valence-electron chi connectivity index (χ4n) is 1.62. The van der Waals surface area contributed by atoms with Crippen molar-refractivity contribution in [2.75, 3.05) is 13.7 Å². The Bertz CT molecular complexity index is 299. The maximum Gasteiger partial charge on any atom is 0.167 e. The molecule has 0 saturated carbocycles. The second kappa shape index (κ2) is 4.61. The molecule has 4 nitrogen and oxygen atoms in total. The van der Waals surface area contributed by atoms with Gasteiger partial charge in [-0.3, -0.25) is 4.68 Å². The molecule has 0 bridgehead atoms. The summed E-state index contributed by atoms with van der Waals surface area (Å²) in [5.41, 5.74) is 4.37. The molecule has 1 heterocycles. The topological polar surface area (TPSA) is 53.1 Å². The minimum absolute atomic E-state index is 0.0639. The van der Waals surface area contributed by atoms with Crippen molar-refractivity contribution in [3.63, 3.8) is 0 Å². The maximum atomic E-state index is 14.4. The first-order valence-corrected chi connectivity index (χ1v) is 5.12. The van der Waals surface area contributed by atoms with Gasteiger partial charge in [-0.25, -0.2) is 4.39 Å². The molecule has 1 rings (SSSR count). The van der Waals surface area contributed by atoms with Crippen LogP contribution < -0.4 is 10.5 Å². The third kappa shape index (κ3) is 1.97. The molecule has 0 saturated heterocycles. The average Bonchev–Trinajstić information content (AvgIpc) is 2.71. The molecule has 15 heavy (non-hydrogen) atoms. The Morgan fingerprint density at radius 1 is 1.60 bits per heavy atom. The van der Waals surface area contributed by atoms with Crippen LogP contribution in [-0.2, 0) is 12.2 Å². The zero-order valence-corrected chi connectivity index (χ0v) is 9.46. The average molecular weight is 215 g/mol. The van der Waals surface area contributed by atoms with Crippen molar-refractivity contribution >= 4 is 0 Å². The van der Waals surface area contributed by atoms with Gasteiger partial charge < -0.3 is 10.5 Å². The smallest absolute Gasteiger partial charge is 0.167 e. The van der Waals surface area contributed by atoms with Gasteiger partial charge in [0.1, 0.15) is 5.69 Å². The van der Waals surface area contributed by atoms with Gasteiger partial charge in [0.2, 0.25) is 0 Å². The number of nitrogens with two attached hydrogens (primary N) is 1. The lowest BCUT2D eigenvalue weighted by Gasteiger charge is -2.23. The molecule has 0 aromatic carbocycles. The highest BCUT2D eigenvalue weighted by molar-refractivity contribution is 5.31. The van der Waals surface area contributed by atoms with Crippen molar-refractivity contribution in [2.24, 2.45) is 5.73 Å². The van der Waals surface area contributed by atoms with Gasteiger partial charge in [0.05, 0.1) is 13.3 Å². The molecular weight excluding hydrogens is 197 g/mol. The summed E-state index contributed by atoms with van der Waals surface area (Å²) in [4.78, 5) is 0. The zero-order valence-electron chi connectivity index (χ0n) is 9.46. The third-order valence-electron chi connectivity index (χ3n) is 2.63. The van der Waals surface area contributed by atoms with Gasteiger partial charge in [-0.2, -0.15) is 5.10 Å². The first kappa shape index (κ1) is 12.0. The van der Waals surface area contributed by atoms with Crippen LogP contribution in [0.2, 0.25) is 0 Å². The standard InChI is InChI=1S/C10H18FN3O/c1-4-10(11,7-12)9-8(15-3)6-13-14(9)5-2/h6H,4-5,7,12H2,1-3H3. The van der Waals surface area contributed by atoms with E-state index in [1.807, 2.05) is 6.92 Å². The Kier molecular flexibility index (Phi) is 3.68. The molecule has 0 aliphatic carbocycles. The van der Waals surface area contributed by atoms with Crippen LogP contribution in [0.4, 0.5) is 4.39 Å². The van der Waals surface area contributed by atoms with Crippen LogP contribution in [0.15, 0.2) is 6.20 Å². The molecule has 0 spiro atoms. The molecule has 0 fully saturated rings. The van der Waals surface area contributed by atoms with Gasteiger partial charge in [-0.15, -0.1) is 0 Å². The molecule has 86 valence electrons. The highest BCUT2D eigenvalue weighted by atomic mass is 19.1. The normalized spacial score (nSPS) is 15.0. The highest BCUT2D eigenvalue weighted by Crippen LogP contribution is 2.35. The number of ether oxygens (including phenoxy) is 1. The van der Waals surface area contributed by atoms with E-state index < -0.39 is 5.67 Å². The van der Waals surface area contributed by atoms with Crippen LogP contribution >= 0.6 is 0 Å². The molecule has 2 N–H and O–H groups in total. The number of hydrogen-bond acceptors (Lipinski definition) is 3. The number of aromatic nitrogens is 2. The van der Waals surface area contributed by atoms with Crippen LogP contribution in [0.5, 0.6) is 5.75 Å². The predicted octanol–water partition coefficient (Wildman–Crippen LogP) is 1.45. The minimum Gasteiger partial charge on any atom is -0.493 e. The molecule has 1 atom stereocenters. The number of hydrogen-bond donors (Lipinski definition) is 1. The van der Waals surface area contributed by atoms with E-state index in [0.29, 0.717) is 24.4 Å². The number of halogens is 1. The van der Waals surface area contributed by atoms with Crippen molar-refractivity contribution < 1.29 is 9.13 Å². The Labute approximate surface area is 89.2 Å². The molecule has 5 heteroatoms. The molecule has 0 amide bonds. The van der Waals surface area contributed by atoms with Gasteiger partial charge in [-0.1, -0.05) is 6.92 Å². The van der Waals surface area contributed by atoms with Crippen molar-refractivity contribution in [3.05, 3.63) is 11.9 Å². The summed E-state index contributed by atoms with van der Waals surface area (Å²) < 4.78 is 21.1. The van der Waals surface area contributed by atoms with Crippen molar-refractivity contribution in [2.45, 2.75) is 32.5 Å². The van der Waals surface area contributed by atoms with Crippen LogP contribution in [0, 0.1) is 0 Å². The number of nitrogens with zero attached hydrogens (tertiary/aromatic N) is 2. The largest absolute Gasteiger partial charge is 0.493 e. The quantitative estimate of drug-likeness (QED) is 0.808. The van der Waals surface area contributed by atoms with Gasteiger partial charge >= 0.3 is 0 Å². The summed E-state index contributed by atoms with van der Waals surface area (Å²) in [5, 5.41) is 4.06. The fourth-order valence-corrected chi connectivity index (χ4v) is 1.62. The second-order valence-corrected chi connectivity index (χ2v) is 3.40. The monoisotopic (exact) mass is 215 g/mol. The highest BCUT2D eigenvalue weighted by Gasteiger charge is 2.35. The van der Waals surface area contributed by atoms with E-state index in [0.717, 1.165) is 0 Å². The van der Waals surface area contributed by atoms with Gasteiger partial charge in [0.15, 0.2) is 11.4 Å². The van der Waals surface area contributed by atoms with Crippen molar-refractivity contribution in [1.29, 1.82) is 0 Å². The van der Waals surface area contributed by atoms with E-state index >= 15 is 0 Å². The molecule has 1 aromatic rings. The number of rotatable bonds is 5. The molecule has 1 aromatic heterocycles. The van der Waals surface area contributed by atoms with Gasteiger partial charge in [0, 0.05) is 13.1 Å². The van der Waals surface area contributed by atoms with Crippen LogP contribution in [-0.4, -0.2) is 23.4 Å². The molecule has 0 radical (unpaired) electrons. The van der Waals surface area contributed by atoms with E-state index in [2.05, 4.69) is 5.10 Å². The first-order chi connectivity index (χ1) is 7.12. The lowest BCUT2D eigenvalue weighted by Crippen LogP contribution is -2.32. The SMILES string of the molecule is CCn1ncc(OC)c1C(F)(CC)CN. The summed E-state index contributed by atoms with van der Waals surface area (Å²) in [6.07, 6.45) is 1.84. The van der Waals surface area contributed by atoms with E-state index in [-0.39, 0.29) is 6.54 Å². The molecule has 0 aliphatic heterocycles. The summed E-state index contributed by atoms with van der Waals surface area (Å²) >= 11 is 0. The van der Waals surface area contributed by atoms with Crippen LogP contribution in [0.25, 0.3) is 0 Å². The number of aryl methyl sites for hydroxylation is 1. The summed E-state index contributed by atoms with van der Waals surface area (Å²) in [6, 6.07) is 0. The van der Waals surface area contributed by atoms with E-state index in [1.165, 1.54) is 13.3 Å². The van der Waals surface area contributed by atoms with Gasteiger partial charge in [0.25, 0.3) is 0 Å². The Balaban J connectivity index is 3.24. The van der Waals surface area contributed by atoms with Crippen molar-refractivity contribution in [3.8, 4) is 5.75 Å². The lowest BCUT2D eigenvalue weighted by atomic mass is 9.98. The zero-order chi connectivity index (χ0) is 11.5. The summed E-state index contributed by atoms with van der Waals surface area (Å²) in [7, 11) is 1.51. The summed E-state index contributed by atoms with van der Waals surface area (Å²) in [5.74, 6) is 0.464. The third-order valence-corrected chi connectivity index (χ3v) is 2.63. The Morgan fingerprint density at radius 3 is 2.67 bits per heavy atom. The Morgan fingerprint density at radius 2 is 2.27 bits per heavy atom. The Hall–Kier alpha value is -1.10. The molecule has 0 aliphatic rings. The first-order valence-electron chi connectivity index (χ1n) is 5.12. The van der Waals surface area contributed by atoms with E-state index in [4.69, 9.17) is 10.5 Å². The fraction of sp³-hybridized carbons (Fsp3) is 0.700. The molecule has 1 unspecified atom stereocenters. The lowest BCUT2D eigenvalue weighted by molar-refractivity contribution is 0.149. The summed E-state index contributed by atoms with van der Waals surface area (Å²) in [6.45, 7) is 4.21. The maximum absolute atomic E-state index is 14.4. The number of alkyl halides is 1. The minimum atomic E-state index is -1.56. The van der Waals surface area contributed by atoms with Gasteiger partial charge in [-0.05, 0) is 13.3 Å². The second-order valence-electron chi connectivity index (χ2n) is 3.40. The predicted molar refractivity (Wildman–Crippen MR) is 56.6 cm³/mol. The van der Waals surface area contributed by atoms with E-state index in [9.17, 15) is 4.39 Å². The van der Waals surface area contributed by atoms with E-state index in [1.54, 1.807) is 11.6 Å².